The van der Waals surface area contributed by atoms with Gasteiger partial charge in [0, 0.05) is 13.2 Å². The van der Waals surface area contributed by atoms with Crippen LogP contribution in [-0.4, -0.2) is 51.4 Å². The number of ether oxygens (including phenoxy) is 3. The van der Waals surface area contributed by atoms with Crippen LogP contribution < -0.4 is 14.8 Å². The van der Waals surface area contributed by atoms with Gasteiger partial charge < -0.3 is 19.5 Å². The molecule has 0 aliphatic carbocycles. The zero-order valence-corrected chi connectivity index (χ0v) is 14.9. The number of hydrogen-bond acceptors (Lipinski definition) is 8. The van der Waals surface area contributed by atoms with Gasteiger partial charge in [-0.05, 0) is 41.0 Å². The van der Waals surface area contributed by atoms with Gasteiger partial charge in [0.15, 0.2) is 11.5 Å². The Morgan fingerprint density at radius 1 is 1.35 bits per heavy atom. The summed E-state index contributed by atoms with van der Waals surface area (Å²) in [6.07, 6.45) is 2.23. The van der Waals surface area contributed by atoms with Crippen molar-refractivity contribution in [3.63, 3.8) is 0 Å². The Labute approximate surface area is 154 Å². The topological polar surface area (TPSA) is 100 Å². The molecular formula is C16H19N5O4S. The molecule has 2 aromatic rings. The number of hydrogen-bond donors (Lipinski definition) is 1. The van der Waals surface area contributed by atoms with Gasteiger partial charge in [-0.15, -0.1) is 5.10 Å². The van der Waals surface area contributed by atoms with Crippen molar-refractivity contribution in [3.05, 3.63) is 23.8 Å². The number of amides is 1. The second kappa shape index (κ2) is 7.92. The number of nitrogens with zero attached hydrogens (tertiary/aromatic N) is 4. The van der Waals surface area contributed by atoms with Crippen LogP contribution >= 0.6 is 11.8 Å². The second-order valence-electron chi connectivity index (χ2n) is 6.03. The smallest absolute Gasteiger partial charge is 0.231 e. The molecule has 26 heavy (non-hydrogen) atoms. The number of tetrazole rings is 1. The third kappa shape index (κ3) is 4.07. The van der Waals surface area contributed by atoms with Crippen molar-refractivity contribution >= 4 is 17.7 Å². The fraction of sp³-hybridized carbons (Fsp3) is 0.500. The molecule has 1 fully saturated rings. The van der Waals surface area contributed by atoms with Crippen LogP contribution in [0.2, 0.25) is 0 Å². The van der Waals surface area contributed by atoms with Crippen LogP contribution in [0.25, 0.3) is 0 Å². The first-order chi connectivity index (χ1) is 12.8. The van der Waals surface area contributed by atoms with Gasteiger partial charge in [0.2, 0.25) is 17.9 Å². The largest absolute Gasteiger partial charge is 0.454 e. The van der Waals surface area contributed by atoms with E-state index in [1.165, 1.54) is 11.8 Å². The molecule has 3 heterocycles. The zero-order chi connectivity index (χ0) is 17.8. The maximum atomic E-state index is 12.1. The lowest BCUT2D eigenvalue weighted by Gasteiger charge is -2.10. The molecule has 0 spiro atoms. The van der Waals surface area contributed by atoms with E-state index in [2.05, 4.69) is 20.8 Å². The summed E-state index contributed by atoms with van der Waals surface area (Å²) < 4.78 is 17.9. The molecule has 1 aromatic carbocycles. The molecule has 1 N–H and O–H groups in total. The van der Waals surface area contributed by atoms with Crippen molar-refractivity contribution in [1.82, 2.24) is 25.5 Å². The van der Waals surface area contributed by atoms with Gasteiger partial charge in [-0.1, -0.05) is 17.8 Å². The summed E-state index contributed by atoms with van der Waals surface area (Å²) >= 11 is 1.31. The van der Waals surface area contributed by atoms with Gasteiger partial charge in [0.1, 0.15) is 0 Å². The Morgan fingerprint density at radius 2 is 2.27 bits per heavy atom. The standard InChI is InChI=1S/C16H19N5O4S/c22-15(17-7-11-3-4-13-14(6-11)25-10-24-13)9-26-16-18-19-20-21(16)8-12-2-1-5-23-12/h3-4,6,12H,1-2,5,7-10H2,(H,17,22)/t12-/m0/s1. The Bertz CT molecular complexity index is 778. The molecule has 10 heteroatoms. The van der Waals surface area contributed by atoms with E-state index >= 15 is 0 Å². The van der Waals surface area contributed by atoms with Crippen LogP contribution in [0.4, 0.5) is 0 Å². The number of fused-ring (bicyclic) bond motifs is 1. The van der Waals surface area contributed by atoms with Crippen LogP contribution in [0.15, 0.2) is 23.4 Å². The fourth-order valence-corrected chi connectivity index (χ4v) is 3.54. The Balaban J connectivity index is 1.25. The summed E-state index contributed by atoms with van der Waals surface area (Å²) in [5.41, 5.74) is 0.954. The van der Waals surface area contributed by atoms with E-state index in [0.29, 0.717) is 24.0 Å². The Kier molecular flexibility index (Phi) is 5.21. The average molecular weight is 377 g/mol. The second-order valence-corrected chi connectivity index (χ2v) is 6.97. The van der Waals surface area contributed by atoms with Gasteiger partial charge in [-0.3, -0.25) is 4.79 Å². The first kappa shape index (κ1) is 17.1. The summed E-state index contributed by atoms with van der Waals surface area (Å²) in [5.74, 6) is 1.60. The van der Waals surface area contributed by atoms with E-state index in [9.17, 15) is 4.79 Å². The van der Waals surface area contributed by atoms with Crippen LogP contribution in [0.3, 0.4) is 0 Å². The molecule has 9 nitrogen and oxygen atoms in total. The predicted molar refractivity (Wildman–Crippen MR) is 91.9 cm³/mol. The number of aromatic nitrogens is 4. The molecule has 0 radical (unpaired) electrons. The lowest BCUT2D eigenvalue weighted by atomic mass is 10.2. The first-order valence-corrected chi connectivity index (χ1v) is 9.42. The Morgan fingerprint density at radius 3 is 3.15 bits per heavy atom. The molecule has 2 aliphatic rings. The maximum absolute atomic E-state index is 12.1. The monoisotopic (exact) mass is 377 g/mol. The average Bonchev–Trinajstić information content (AvgIpc) is 3.40. The number of nitrogens with one attached hydrogen (secondary N) is 1. The number of rotatable bonds is 7. The first-order valence-electron chi connectivity index (χ1n) is 8.44. The highest BCUT2D eigenvalue weighted by atomic mass is 32.2. The van der Waals surface area contributed by atoms with Gasteiger partial charge in [0.05, 0.1) is 18.4 Å². The summed E-state index contributed by atoms with van der Waals surface area (Å²) in [6.45, 7) is 2.07. The van der Waals surface area contributed by atoms with E-state index in [4.69, 9.17) is 14.2 Å². The lowest BCUT2D eigenvalue weighted by molar-refractivity contribution is -0.118. The van der Waals surface area contributed by atoms with E-state index in [-0.39, 0.29) is 24.6 Å². The van der Waals surface area contributed by atoms with Crippen molar-refractivity contribution in [3.8, 4) is 11.5 Å². The molecule has 1 aromatic heterocycles. The number of thioether (sulfide) groups is 1. The van der Waals surface area contributed by atoms with E-state index in [0.717, 1.165) is 30.8 Å². The van der Waals surface area contributed by atoms with E-state index < -0.39 is 0 Å². The molecule has 1 atom stereocenters. The normalized spacial score (nSPS) is 18.2. The number of benzene rings is 1. The highest BCUT2D eigenvalue weighted by Gasteiger charge is 2.19. The highest BCUT2D eigenvalue weighted by Crippen LogP contribution is 2.32. The quantitative estimate of drug-likeness (QED) is 0.713. The summed E-state index contributed by atoms with van der Waals surface area (Å²) in [4.78, 5) is 12.1. The van der Waals surface area contributed by atoms with Gasteiger partial charge >= 0.3 is 0 Å². The third-order valence-corrected chi connectivity index (χ3v) is 5.12. The minimum absolute atomic E-state index is 0.0840. The van der Waals surface area contributed by atoms with Crippen molar-refractivity contribution < 1.29 is 19.0 Å². The molecule has 0 saturated carbocycles. The molecule has 2 aliphatic heterocycles. The van der Waals surface area contributed by atoms with E-state index in [1.807, 2.05) is 18.2 Å². The predicted octanol–water partition coefficient (Wildman–Crippen LogP) is 0.989. The minimum Gasteiger partial charge on any atom is -0.454 e. The van der Waals surface area contributed by atoms with E-state index in [1.54, 1.807) is 4.68 Å². The summed E-state index contributed by atoms with van der Waals surface area (Å²) in [6, 6.07) is 5.62. The summed E-state index contributed by atoms with van der Waals surface area (Å²) in [5, 5.41) is 15.2. The molecule has 4 rings (SSSR count). The van der Waals surface area contributed by atoms with Crippen molar-refractivity contribution in [2.45, 2.75) is 37.2 Å². The van der Waals surface area contributed by atoms with Crippen molar-refractivity contribution in [2.24, 2.45) is 0 Å². The molecule has 0 bridgehead atoms. The lowest BCUT2D eigenvalue weighted by Crippen LogP contribution is -2.25. The molecule has 0 unspecified atom stereocenters. The van der Waals surface area contributed by atoms with Crippen molar-refractivity contribution in [1.29, 1.82) is 0 Å². The fourth-order valence-electron chi connectivity index (χ4n) is 2.83. The van der Waals surface area contributed by atoms with Gasteiger partial charge in [-0.2, -0.15) is 0 Å². The summed E-state index contributed by atoms with van der Waals surface area (Å²) in [7, 11) is 0. The SMILES string of the molecule is O=C(CSc1nnnn1C[C@@H]1CCCO1)NCc1ccc2c(c1)OCO2. The molecule has 1 saturated heterocycles. The van der Waals surface area contributed by atoms with Crippen LogP contribution in [0.1, 0.15) is 18.4 Å². The minimum atomic E-state index is -0.0840. The highest BCUT2D eigenvalue weighted by molar-refractivity contribution is 7.99. The van der Waals surface area contributed by atoms with Crippen LogP contribution in [-0.2, 0) is 22.6 Å². The number of carbonyl (C=O) groups is 1. The maximum Gasteiger partial charge on any atom is 0.231 e. The molecule has 138 valence electrons. The van der Waals surface area contributed by atoms with Gasteiger partial charge in [-0.25, -0.2) is 4.68 Å². The number of carbonyl (C=O) groups excluding carboxylic acids is 1. The van der Waals surface area contributed by atoms with Crippen LogP contribution in [0.5, 0.6) is 11.5 Å². The molecular weight excluding hydrogens is 358 g/mol. The third-order valence-electron chi connectivity index (χ3n) is 4.16. The zero-order valence-electron chi connectivity index (χ0n) is 14.1. The van der Waals surface area contributed by atoms with Crippen molar-refractivity contribution in [2.75, 3.05) is 19.2 Å². The van der Waals surface area contributed by atoms with Gasteiger partial charge in [0.25, 0.3) is 0 Å². The molecule has 1 amide bonds. The van der Waals surface area contributed by atoms with Crippen LogP contribution in [0, 0.1) is 0 Å². The Hall–Kier alpha value is -2.33.